The van der Waals surface area contributed by atoms with Gasteiger partial charge in [-0.15, -0.1) is 5.10 Å². The van der Waals surface area contributed by atoms with Gasteiger partial charge >= 0.3 is 0 Å². The first-order valence-electron chi connectivity index (χ1n) is 8.78. The van der Waals surface area contributed by atoms with E-state index in [2.05, 4.69) is 10.2 Å². The van der Waals surface area contributed by atoms with Crippen molar-refractivity contribution in [3.8, 4) is 0 Å². The van der Waals surface area contributed by atoms with E-state index in [1.165, 1.54) is 0 Å². The van der Waals surface area contributed by atoms with Crippen LogP contribution >= 0.6 is 0 Å². The molecule has 1 spiro atoms. The minimum absolute atomic E-state index is 0.0128. The van der Waals surface area contributed by atoms with Crippen LogP contribution in [0.4, 0.5) is 0 Å². The summed E-state index contributed by atoms with van der Waals surface area (Å²) in [5.41, 5.74) is -0.322. The number of aliphatic hydroxyl groups excluding tert-OH is 1. The van der Waals surface area contributed by atoms with Crippen LogP contribution in [0.1, 0.15) is 50.5 Å². The summed E-state index contributed by atoms with van der Waals surface area (Å²) in [7, 11) is 0. The zero-order chi connectivity index (χ0) is 18.2. The molecule has 0 aromatic carbocycles. The molecule has 136 valence electrons. The van der Waals surface area contributed by atoms with Crippen molar-refractivity contribution in [3.05, 3.63) is 24.0 Å². The van der Waals surface area contributed by atoms with Crippen LogP contribution in [0.2, 0.25) is 0 Å². The normalized spacial score (nSPS) is 25.0. The van der Waals surface area contributed by atoms with E-state index in [0.29, 0.717) is 31.7 Å². The van der Waals surface area contributed by atoms with E-state index in [-0.39, 0.29) is 17.2 Å². The number of amides is 2. The highest BCUT2D eigenvalue weighted by atomic mass is 16.3. The SMILES string of the molecule is CC(=O)N1CC2(CCN(C(=O)c3cccnn3)CC2)C[C@H](O)C1(C)C. The fourth-order valence-electron chi connectivity index (χ4n) is 4.08. The zero-order valence-corrected chi connectivity index (χ0v) is 15.1. The highest BCUT2D eigenvalue weighted by Gasteiger charge is 2.50. The van der Waals surface area contributed by atoms with E-state index in [0.717, 1.165) is 12.8 Å². The van der Waals surface area contributed by atoms with Crippen molar-refractivity contribution in [1.82, 2.24) is 20.0 Å². The molecule has 0 saturated carbocycles. The summed E-state index contributed by atoms with van der Waals surface area (Å²) < 4.78 is 0. The second-order valence-electron chi connectivity index (χ2n) is 7.88. The molecule has 1 atom stereocenters. The van der Waals surface area contributed by atoms with Crippen molar-refractivity contribution >= 4 is 11.8 Å². The number of piperidine rings is 2. The van der Waals surface area contributed by atoms with Crippen molar-refractivity contribution in [1.29, 1.82) is 0 Å². The third-order valence-electron chi connectivity index (χ3n) is 5.91. The molecule has 2 fully saturated rings. The Bertz CT molecular complexity index is 654. The standard InChI is InChI=1S/C18H26N4O3/c1-13(23)22-12-18(11-15(24)17(22,2)3)6-9-21(10-7-18)16(25)14-5-4-8-19-20-14/h4-5,8,15,24H,6-7,9-12H2,1-3H3/t15-/m0/s1. The fraction of sp³-hybridized carbons (Fsp3) is 0.667. The Morgan fingerprint density at radius 1 is 1.28 bits per heavy atom. The summed E-state index contributed by atoms with van der Waals surface area (Å²) in [4.78, 5) is 28.2. The molecule has 0 radical (unpaired) electrons. The summed E-state index contributed by atoms with van der Waals surface area (Å²) >= 11 is 0. The molecule has 2 aliphatic rings. The number of nitrogens with zero attached hydrogens (tertiary/aromatic N) is 4. The van der Waals surface area contributed by atoms with Gasteiger partial charge in [0.25, 0.3) is 5.91 Å². The number of rotatable bonds is 1. The van der Waals surface area contributed by atoms with Crippen LogP contribution < -0.4 is 0 Å². The lowest BCUT2D eigenvalue weighted by molar-refractivity contribution is -0.156. The van der Waals surface area contributed by atoms with Gasteiger partial charge in [-0.3, -0.25) is 9.59 Å². The lowest BCUT2D eigenvalue weighted by atomic mass is 9.67. The second kappa shape index (κ2) is 6.37. The summed E-state index contributed by atoms with van der Waals surface area (Å²) in [6.07, 6.45) is 3.19. The number of hydrogen-bond acceptors (Lipinski definition) is 5. The van der Waals surface area contributed by atoms with Crippen LogP contribution in [0.3, 0.4) is 0 Å². The zero-order valence-electron chi connectivity index (χ0n) is 15.1. The lowest BCUT2D eigenvalue weighted by Gasteiger charge is -2.55. The van der Waals surface area contributed by atoms with Gasteiger partial charge in [0, 0.05) is 32.8 Å². The number of aromatic nitrogens is 2. The number of carbonyl (C=O) groups is 2. The minimum atomic E-state index is -0.563. The van der Waals surface area contributed by atoms with Crippen molar-refractivity contribution in [3.63, 3.8) is 0 Å². The Morgan fingerprint density at radius 3 is 2.52 bits per heavy atom. The lowest BCUT2D eigenvalue weighted by Crippen LogP contribution is -2.64. The van der Waals surface area contributed by atoms with Gasteiger partial charge in [-0.2, -0.15) is 5.10 Å². The molecular weight excluding hydrogens is 320 g/mol. The van der Waals surface area contributed by atoms with Gasteiger partial charge in [-0.25, -0.2) is 0 Å². The van der Waals surface area contributed by atoms with Crippen LogP contribution in [0, 0.1) is 5.41 Å². The fourth-order valence-corrected chi connectivity index (χ4v) is 4.08. The van der Waals surface area contributed by atoms with Crippen LogP contribution in [0.25, 0.3) is 0 Å². The van der Waals surface area contributed by atoms with E-state index in [1.807, 2.05) is 13.8 Å². The molecule has 1 aromatic rings. The summed E-state index contributed by atoms with van der Waals surface area (Å²) in [6, 6.07) is 3.38. The molecule has 0 bridgehead atoms. The molecule has 3 rings (SSSR count). The Labute approximate surface area is 148 Å². The third kappa shape index (κ3) is 3.25. The topological polar surface area (TPSA) is 86.6 Å². The molecule has 2 saturated heterocycles. The van der Waals surface area contributed by atoms with Gasteiger partial charge in [0.15, 0.2) is 5.69 Å². The molecule has 3 heterocycles. The van der Waals surface area contributed by atoms with E-state index < -0.39 is 11.6 Å². The highest BCUT2D eigenvalue weighted by molar-refractivity contribution is 5.92. The molecule has 1 N–H and O–H groups in total. The maximum absolute atomic E-state index is 12.5. The number of carbonyl (C=O) groups excluding carboxylic acids is 2. The number of likely N-dealkylation sites (tertiary alicyclic amines) is 2. The number of aliphatic hydroxyl groups is 1. The predicted molar refractivity (Wildman–Crippen MR) is 91.7 cm³/mol. The van der Waals surface area contributed by atoms with Gasteiger partial charge in [0.1, 0.15) is 0 Å². The van der Waals surface area contributed by atoms with Crippen LogP contribution in [0.5, 0.6) is 0 Å². The summed E-state index contributed by atoms with van der Waals surface area (Å²) in [6.45, 7) is 7.24. The first-order valence-corrected chi connectivity index (χ1v) is 8.78. The first kappa shape index (κ1) is 17.8. The highest BCUT2D eigenvalue weighted by Crippen LogP contribution is 2.45. The Hall–Kier alpha value is -2.02. The average molecular weight is 346 g/mol. The van der Waals surface area contributed by atoms with Crippen LogP contribution in [0.15, 0.2) is 18.3 Å². The van der Waals surface area contributed by atoms with Gasteiger partial charge in [-0.05, 0) is 50.7 Å². The first-order chi connectivity index (χ1) is 11.8. The van der Waals surface area contributed by atoms with Gasteiger partial charge in [-0.1, -0.05) is 0 Å². The van der Waals surface area contributed by atoms with Gasteiger partial charge < -0.3 is 14.9 Å². The molecule has 0 aliphatic carbocycles. The van der Waals surface area contributed by atoms with E-state index >= 15 is 0 Å². The molecule has 1 aromatic heterocycles. The third-order valence-corrected chi connectivity index (χ3v) is 5.91. The Morgan fingerprint density at radius 2 is 1.96 bits per heavy atom. The average Bonchev–Trinajstić information content (AvgIpc) is 2.59. The monoisotopic (exact) mass is 346 g/mol. The molecule has 7 nitrogen and oxygen atoms in total. The van der Waals surface area contributed by atoms with E-state index in [9.17, 15) is 14.7 Å². The smallest absolute Gasteiger partial charge is 0.274 e. The van der Waals surface area contributed by atoms with E-state index in [4.69, 9.17) is 0 Å². The van der Waals surface area contributed by atoms with Crippen molar-refractivity contribution in [2.45, 2.75) is 51.7 Å². The molecular formula is C18H26N4O3. The second-order valence-corrected chi connectivity index (χ2v) is 7.88. The molecule has 25 heavy (non-hydrogen) atoms. The maximum Gasteiger partial charge on any atom is 0.274 e. The number of hydrogen-bond donors (Lipinski definition) is 1. The predicted octanol–water partition coefficient (Wildman–Crippen LogP) is 1.09. The summed E-state index contributed by atoms with van der Waals surface area (Å²) in [5.74, 6) is -0.121. The summed E-state index contributed by atoms with van der Waals surface area (Å²) in [5, 5.41) is 18.3. The van der Waals surface area contributed by atoms with Gasteiger partial charge in [0.2, 0.25) is 5.91 Å². The van der Waals surface area contributed by atoms with Crippen LogP contribution in [-0.4, -0.2) is 68.2 Å². The van der Waals surface area contributed by atoms with E-state index in [1.54, 1.807) is 35.1 Å². The van der Waals surface area contributed by atoms with Crippen molar-refractivity contribution in [2.75, 3.05) is 19.6 Å². The van der Waals surface area contributed by atoms with Crippen molar-refractivity contribution in [2.24, 2.45) is 5.41 Å². The quantitative estimate of drug-likeness (QED) is 0.823. The van der Waals surface area contributed by atoms with Crippen molar-refractivity contribution < 1.29 is 14.7 Å². The largest absolute Gasteiger partial charge is 0.391 e. The van der Waals surface area contributed by atoms with Gasteiger partial charge in [0.05, 0.1) is 11.6 Å². The minimum Gasteiger partial charge on any atom is -0.391 e. The maximum atomic E-state index is 12.5. The Kier molecular flexibility index (Phi) is 4.53. The molecule has 2 amide bonds. The molecule has 7 heteroatoms. The molecule has 2 aliphatic heterocycles. The Balaban J connectivity index is 1.71. The molecule has 0 unspecified atom stereocenters. The van der Waals surface area contributed by atoms with Crippen LogP contribution in [-0.2, 0) is 4.79 Å².